The minimum Gasteiger partial charge on any atom is -0.329 e. The van der Waals surface area contributed by atoms with E-state index in [0.29, 0.717) is 16.3 Å². The maximum absolute atomic E-state index is 12.4. The van der Waals surface area contributed by atoms with Gasteiger partial charge >= 0.3 is 0 Å². The van der Waals surface area contributed by atoms with Crippen LogP contribution in [0.15, 0.2) is 46.6 Å². The maximum Gasteiger partial charge on any atom is 0.259 e. The summed E-state index contributed by atoms with van der Waals surface area (Å²) in [7, 11) is 0. The number of ketones is 2. The number of allylic oxidation sites excluding steroid dienone is 4. The average molecular weight is 342 g/mol. The molecule has 0 saturated carbocycles. The van der Waals surface area contributed by atoms with E-state index in [9.17, 15) is 19.2 Å². The first kappa shape index (κ1) is 16.1. The molecule has 2 aliphatic rings. The van der Waals surface area contributed by atoms with Crippen LogP contribution in [-0.4, -0.2) is 23.4 Å². The van der Waals surface area contributed by atoms with E-state index in [4.69, 9.17) is 0 Å². The van der Waals surface area contributed by atoms with Gasteiger partial charge in [0.15, 0.2) is 11.6 Å². The summed E-state index contributed by atoms with van der Waals surface area (Å²) in [6.45, 7) is 3.20. The summed E-state index contributed by atoms with van der Waals surface area (Å²) >= 11 is 1.26. The van der Waals surface area contributed by atoms with Gasteiger partial charge in [0, 0.05) is 34.0 Å². The SMILES string of the molecule is CC1=CC(=O)/C(=C(\c2cccs2)C2C(=O)C=C(C)NC2=O)C(=O)N1. The van der Waals surface area contributed by atoms with Gasteiger partial charge in [-0.1, -0.05) is 6.07 Å². The first-order valence-electron chi connectivity index (χ1n) is 7.23. The lowest BCUT2D eigenvalue weighted by Crippen LogP contribution is -2.41. The zero-order valence-electron chi connectivity index (χ0n) is 13.0. The Morgan fingerprint density at radius 2 is 1.75 bits per heavy atom. The van der Waals surface area contributed by atoms with Gasteiger partial charge in [0.1, 0.15) is 5.92 Å². The molecule has 24 heavy (non-hydrogen) atoms. The van der Waals surface area contributed by atoms with Crippen molar-refractivity contribution in [1.29, 1.82) is 0 Å². The summed E-state index contributed by atoms with van der Waals surface area (Å²) in [6.07, 6.45) is 2.60. The molecule has 1 atom stereocenters. The lowest BCUT2D eigenvalue weighted by molar-refractivity contribution is -0.129. The molecule has 6 nitrogen and oxygen atoms in total. The summed E-state index contributed by atoms with van der Waals surface area (Å²) in [4.78, 5) is 50.2. The van der Waals surface area contributed by atoms with Crippen LogP contribution in [0.3, 0.4) is 0 Å². The number of thiophene rings is 1. The van der Waals surface area contributed by atoms with E-state index in [1.54, 1.807) is 31.4 Å². The van der Waals surface area contributed by atoms with Crippen molar-refractivity contribution in [3.63, 3.8) is 0 Å². The van der Waals surface area contributed by atoms with Gasteiger partial charge in [0.25, 0.3) is 5.91 Å². The zero-order chi connectivity index (χ0) is 17.4. The predicted octanol–water partition coefficient (Wildman–Crippen LogP) is 1.32. The van der Waals surface area contributed by atoms with Gasteiger partial charge in [-0.2, -0.15) is 0 Å². The van der Waals surface area contributed by atoms with E-state index in [-0.39, 0.29) is 11.1 Å². The molecule has 1 aromatic rings. The molecule has 0 radical (unpaired) electrons. The van der Waals surface area contributed by atoms with E-state index >= 15 is 0 Å². The van der Waals surface area contributed by atoms with Gasteiger partial charge in [-0.05, 0) is 25.3 Å². The van der Waals surface area contributed by atoms with Gasteiger partial charge < -0.3 is 10.6 Å². The maximum atomic E-state index is 12.4. The number of rotatable bonds is 2. The molecular formula is C17H14N2O4S. The summed E-state index contributed by atoms with van der Waals surface area (Å²) in [5, 5.41) is 6.92. The van der Waals surface area contributed by atoms with Crippen LogP contribution in [0.25, 0.3) is 5.57 Å². The second-order valence-corrected chi connectivity index (χ2v) is 6.51. The van der Waals surface area contributed by atoms with Gasteiger partial charge in [-0.25, -0.2) is 0 Å². The molecule has 1 aromatic heterocycles. The highest BCUT2D eigenvalue weighted by Crippen LogP contribution is 2.34. The number of nitrogens with one attached hydrogen (secondary N) is 2. The number of amides is 2. The number of carbonyl (C=O) groups is 4. The minimum atomic E-state index is -1.22. The molecule has 1 unspecified atom stereocenters. The molecule has 3 rings (SSSR count). The number of hydrogen-bond acceptors (Lipinski definition) is 5. The molecule has 0 aliphatic carbocycles. The molecule has 2 aliphatic heterocycles. The van der Waals surface area contributed by atoms with E-state index in [1.807, 2.05) is 0 Å². The minimum absolute atomic E-state index is 0.155. The smallest absolute Gasteiger partial charge is 0.259 e. The highest BCUT2D eigenvalue weighted by Gasteiger charge is 2.39. The van der Waals surface area contributed by atoms with Crippen LogP contribution in [0, 0.1) is 5.92 Å². The Morgan fingerprint density at radius 3 is 2.33 bits per heavy atom. The number of carbonyl (C=O) groups excluding carboxylic acids is 4. The molecule has 122 valence electrons. The van der Waals surface area contributed by atoms with Crippen LogP contribution in [0.5, 0.6) is 0 Å². The lowest BCUT2D eigenvalue weighted by atomic mass is 9.84. The summed E-state index contributed by atoms with van der Waals surface area (Å²) in [5.74, 6) is -3.31. The molecule has 0 fully saturated rings. The van der Waals surface area contributed by atoms with Gasteiger partial charge in [0.05, 0.1) is 5.57 Å². The van der Waals surface area contributed by atoms with Crippen molar-refractivity contribution < 1.29 is 19.2 Å². The first-order valence-corrected chi connectivity index (χ1v) is 8.11. The fourth-order valence-corrected chi connectivity index (χ4v) is 3.56. The summed E-state index contributed by atoms with van der Waals surface area (Å²) in [6, 6.07) is 3.42. The first-order chi connectivity index (χ1) is 11.4. The Hall–Kier alpha value is -2.80. The van der Waals surface area contributed by atoms with Gasteiger partial charge in [-0.15, -0.1) is 11.3 Å². The molecule has 0 bridgehead atoms. The van der Waals surface area contributed by atoms with Crippen LogP contribution in [0.4, 0.5) is 0 Å². The fourth-order valence-electron chi connectivity index (χ4n) is 2.76. The van der Waals surface area contributed by atoms with Crippen molar-refractivity contribution in [3.8, 4) is 0 Å². The lowest BCUT2D eigenvalue weighted by Gasteiger charge is -2.24. The zero-order valence-corrected chi connectivity index (χ0v) is 13.8. The van der Waals surface area contributed by atoms with Crippen LogP contribution in [0.1, 0.15) is 18.7 Å². The van der Waals surface area contributed by atoms with Crippen LogP contribution >= 0.6 is 11.3 Å². The molecule has 7 heteroatoms. The molecule has 0 spiro atoms. The van der Waals surface area contributed by atoms with E-state index in [2.05, 4.69) is 10.6 Å². The van der Waals surface area contributed by atoms with Crippen molar-refractivity contribution in [2.24, 2.45) is 5.92 Å². The largest absolute Gasteiger partial charge is 0.329 e. The van der Waals surface area contributed by atoms with Crippen molar-refractivity contribution in [2.75, 3.05) is 0 Å². The number of hydrogen-bond donors (Lipinski definition) is 2. The quantitative estimate of drug-likeness (QED) is 0.482. The third-order valence-electron chi connectivity index (χ3n) is 3.70. The second kappa shape index (κ2) is 6.01. The van der Waals surface area contributed by atoms with Crippen LogP contribution in [-0.2, 0) is 19.2 Å². The Morgan fingerprint density at radius 1 is 1.04 bits per heavy atom. The van der Waals surface area contributed by atoms with E-state index in [0.717, 1.165) is 0 Å². The van der Waals surface area contributed by atoms with Crippen LogP contribution < -0.4 is 10.6 Å². The monoisotopic (exact) mass is 342 g/mol. The Labute approximate surface area is 141 Å². The average Bonchev–Trinajstić information content (AvgIpc) is 2.97. The normalized spacial score (nSPS) is 23.3. The third kappa shape index (κ3) is 2.74. The fraction of sp³-hybridized carbons (Fsp3) is 0.176. The summed E-state index contributed by atoms with van der Waals surface area (Å²) < 4.78 is 0. The van der Waals surface area contributed by atoms with Crippen molar-refractivity contribution in [2.45, 2.75) is 13.8 Å². The molecule has 0 saturated heterocycles. The van der Waals surface area contributed by atoms with Crippen molar-refractivity contribution >= 4 is 40.3 Å². The molecular weight excluding hydrogens is 328 g/mol. The second-order valence-electron chi connectivity index (χ2n) is 5.56. The highest BCUT2D eigenvalue weighted by molar-refractivity contribution is 7.11. The van der Waals surface area contributed by atoms with Gasteiger partial charge in [-0.3, -0.25) is 19.2 Å². The standard InChI is InChI=1S/C17H14N2O4S/c1-8-6-10(20)13(16(22)18-8)15(12-4-3-5-24-12)14-11(21)7-9(2)19-17(14)23/h3-7,13H,1-2H3,(H,18,22)(H,19,23)/b15-14-. The molecule has 2 amide bonds. The highest BCUT2D eigenvalue weighted by atomic mass is 32.1. The molecule has 0 aromatic carbocycles. The Bertz CT molecular complexity index is 859. The Kier molecular flexibility index (Phi) is 4.02. The van der Waals surface area contributed by atoms with E-state index in [1.165, 1.54) is 23.5 Å². The van der Waals surface area contributed by atoms with Crippen LogP contribution in [0.2, 0.25) is 0 Å². The third-order valence-corrected chi connectivity index (χ3v) is 4.61. The summed E-state index contributed by atoms with van der Waals surface area (Å²) in [5.41, 5.74) is 0.855. The van der Waals surface area contributed by atoms with E-state index < -0.39 is 29.3 Å². The molecule has 3 heterocycles. The molecule has 2 N–H and O–H groups in total. The van der Waals surface area contributed by atoms with Crippen molar-refractivity contribution in [3.05, 3.63) is 51.5 Å². The Balaban J connectivity index is 2.25. The van der Waals surface area contributed by atoms with Crippen molar-refractivity contribution in [1.82, 2.24) is 10.6 Å². The topological polar surface area (TPSA) is 92.3 Å². The predicted molar refractivity (Wildman–Crippen MR) is 88.5 cm³/mol. The van der Waals surface area contributed by atoms with Gasteiger partial charge in [0.2, 0.25) is 5.91 Å².